The van der Waals surface area contributed by atoms with E-state index in [1.54, 1.807) is 32.4 Å². The maximum atomic E-state index is 11.4. The van der Waals surface area contributed by atoms with Gasteiger partial charge < -0.3 is 14.8 Å². The quantitative estimate of drug-likeness (QED) is 0.840. The monoisotopic (exact) mass is 221 g/mol. The summed E-state index contributed by atoms with van der Waals surface area (Å²) in [7, 11) is 3.17. The number of nitrogens with one attached hydrogen (secondary N) is 1. The largest absolute Gasteiger partial charge is 0.493 e. The van der Waals surface area contributed by atoms with Crippen molar-refractivity contribution in [1.29, 1.82) is 0 Å². The summed E-state index contributed by atoms with van der Waals surface area (Å²) in [6.07, 6.45) is 2.51. The maximum absolute atomic E-state index is 11.4. The van der Waals surface area contributed by atoms with E-state index in [1.807, 2.05) is 0 Å². The maximum Gasteiger partial charge on any atom is 0.251 e. The Hall–Kier alpha value is -1.71. The molecular formula is C12H15NO3. The van der Waals surface area contributed by atoms with E-state index in [2.05, 4.69) is 5.32 Å². The Morgan fingerprint density at radius 3 is 2.69 bits per heavy atom. The van der Waals surface area contributed by atoms with Gasteiger partial charge in [0, 0.05) is 12.6 Å². The Morgan fingerprint density at radius 2 is 2.12 bits per heavy atom. The molecule has 1 aromatic rings. The van der Waals surface area contributed by atoms with Crippen LogP contribution in [0.5, 0.6) is 11.5 Å². The molecule has 1 N–H and O–H groups in total. The fourth-order valence-electron chi connectivity index (χ4n) is 1.42. The third-order valence-electron chi connectivity index (χ3n) is 2.47. The zero-order valence-electron chi connectivity index (χ0n) is 9.45. The third-order valence-corrected chi connectivity index (χ3v) is 2.47. The predicted octanol–water partition coefficient (Wildman–Crippen LogP) is 1.60. The minimum absolute atomic E-state index is 0.128. The Morgan fingerprint density at radius 1 is 1.38 bits per heavy atom. The minimum atomic E-state index is -0.128. The molecule has 16 heavy (non-hydrogen) atoms. The van der Waals surface area contributed by atoms with Gasteiger partial charge in [-0.05, 0) is 31.0 Å². The number of carbonyl (C=O) groups is 1. The van der Waals surface area contributed by atoms with Gasteiger partial charge in [-0.3, -0.25) is 4.79 Å². The lowest BCUT2D eigenvalue weighted by Gasteiger charge is -2.11. The number of rotatable bonds is 4. The molecule has 1 fully saturated rings. The highest BCUT2D eigenvalue weighted by atomic mass is 16.5. The predicted molar refractivity (Wildman–Crippen MR) is 60.0 cm³/mol. The molecule has 1 saturated carbocycles. The molecule has 0 spiro atoms. The second-order valence-corrected chi connectivity index (χ2v) is 3.76. The Balaban J connectivity index is 2.22. The van der Waals surface area contributed by atoms with Crippen LogP contribution >= 0.6 is 0 Å². The van der Waals surface area contributed by atoms with Crippen LogP contribution < -0.4 is 14.8 Å². The van der Waals surface area contributed by atoms with E-state index < -0.39 is 0 Å². The molecule has 1 aromatic carbocycles. The van der Waals surface area contributed by atoms with E-state index in [-0.39, 0.29) is 5.91 Å². The van der Waals surface area contributed by atoms with Crippen LogP contribution in [0.2, 0.25) is 0 Å². The van der Waals surface area contributed by atoms with Gasteiger partial charge in [0.2, 0.25) is 0 Å². The Bertz CT molecular complexity index is 399. The highest BCUT2D eigenvalue weighted by Gasteiger charge is 2.25. The summed E-state index contributed by atoms with van der Waals surface area (Å²) in [5, 5.41) is 2.57. The van der Waals surface area contributed by atoms with Gasteiger partial charge in [-0.1, -0.05) is 0 Å². The normalized spacial score (nSPS) is 14.4. The van der Waals surface area contributed by atoms with Crippen molar-refractivity contribution in [3.05, 3.63) is 23.8 Å². The van der Waals surface area contributed by atoms with E-state index in [9.17, 15) is 4.79 Å². The van der Waals surface area contributed by atoms with Crippen molar-refractivity contribution < 1.29 is 14.3 Å². The molecular weight excluding hydrogens is 206 g/mol. The Kier molecular flexibility index (Phi) is 2.99. The SMILES string of the molecule is CNC(=O)c1ccc(OC2CC2)c(OC)c1. The highest BCUT2D eigenvalue weighted by Crippen LogP contribution is 2.34. The van der Waals surface area contributed by atoms with Crippen LogP contribution in [0, 0.1) is 0 Å². The molecule has 4 heteroatoms. The van der Waals surface area contributed by atoms with Gasteiger partial charge >= 0.3 is 0 Å². The van der Waals surface area contributed by atoms with Crippen LogP contribution in [-0.2, 0) is 0 Å². The van der Waals surface area contributed by atoms with Crippen molar-refractivity contribution in [2.75, 3.05) is 14.2 Å². The van der Waals surface area contributed by atoms with Crippen molar-refractivity contribution >= 4 is 5.91 Å². The zero-order chi connectivity index (χ0) is 11.5. The second kappa shape index (κ2) is 4.43. The average molecular weight is 221 g/mol. The topological polar surface area (TPSA) is 47.6 Å². The van der Waals surface area contributed by atoms with Gasteiger partial charge in [0.05, 0.1) is 13.2 Å². The summed E-state index contributed by atoms with van der Waals surface area (Å²) in [4.78, 5) is 11.4. The Labute approximate surface area is 94.6 Å². The number of carbonyl (C=O) groups excluding carboxylic acids is 1. The van der Waals surface area contributed by atoms with E-state index in [4.69, 9.17) is 9.47 Å². The lowest BCUT2D eigenvalue weighted by atomic mass is 10.2. The van der Waals surface area contributed by atoms with Crippen molar-refractivity contribution in [3.8, 4) is 11.5 Å². The summed E-state index contributed by atoms with van der Waals surface area (Å²) in [6.45, 7) is 0. The van der Waals surface area contributed by atoms with E-state index >= 15 is 0 Å². The summed E-state index contributed by atoms with van der Waals surface area (Å²) < 4.78 is 10.9. The van der Waals surface area contributed by atoms with Crippen molar-refractivity contribution in [2.45, 2.75) is 18.9 Å². The molecule has 0 aromatic heterocycles. The van der Waals surface area contributed by atoms with Crippen LogP contribution in [0.3, 0.4) is 0 Å². The molecule has 1 amide bonds. The standard InChI is InChI=1S/C12H15NO3/c1-13-12(14)8-3-6-10(11(7-8)15-2)16-9-4-5-9/h3,6-7,9H,4-5H2,1-2H3,(H,13,14). The number of benzene rings is 1. The molecule has 0 bridgehead atoms. The lowest BCUT2D eigenvalue weighted by molar-refractivity contribution is 0.0962. The van der Waals surface area contributed by atoms with E-state index in [0.717, 1.165) is 12.8 Å². The minimum Gasteiger partial charge on any atom is -0.493 e. The molecule has 0 atom stereocenters. The van der Waals surface area contributed by atoms with Crippen molar-refractivity contribution in [2.24, 2.45) is 0 Å². The summed E-state index contributed by atoms with van der Waals surface area (Å²) in [5.74, 6) is 1.18. The van der Waals surface area contributed by atoms with Crippen molar-refractivity contribution in [3.63, 3.8) is 0 Å². The molecule has 2 rings (SSSR count). The summed E-state index contributed by atoms with van der Waals surface area (Å²) in [6, 6.07) is 5.21. The van der Waals surface area contributed by atoms with E-state index in [1.165, 1.54) is 0 Å². The third kappa shape index (κ3) is 2.27. The van der Waals surface area contributed by atoms with Crippen molar-refractivity contribution in [1.82, 2.24) is 5.32 Å². The molecule has 0 saturated heterocycles. The van der Waals surface area contributed by atoms with Crippen LogP contribution in [0.25, 0.3) is 0 Å². The van der Waals surface area contributed by atoms with Gasteiger partial charge in [0.25, 0.3) is 5.91 Å². The molecule has 0 aliphatic heterocycles. The fraction of sp³-hybridized carbons (Fsp3) is 0.417. The number of methoxy groups -OCH3 is 1. The lowest BCUT2D eigenvalue weighted by Crippen LogP contribution is -2.17. The molecule has 1 aliphatic carbocycles. The molecule has 4 nitrogen and oxygen atoms in total. The van der Waals surface area contributed by atoms with E-state index in [0.29, 0.717) is 23.2 Å². The first-order valence-corrected chi connectivity index (χ1v) is 5.31. The first kappa shape index (κ1) is 10.8. The number of hydrogen-bond donors (Lipinski definition) is 1. The second-order valence-electron chi connectivity index (χ2n) is 3.76. The average Bonchev–Trinajstić information content (AvgIpc) is 3.12. The fourth-order valence-corrected chi connectivity index (χ4v) is 1.42. The van der Waals surface area contributed by atoms with Gasteiger partial charge in [-0.2, -0.15) is 0 Å². The zero-order valence-corrected chi connectivity index (χ0v) is 9.45. The summed E-state index contributed by atoms with van der Waals surface area (Å²) in [5.41, 5.74) is 0.572. The first-order chi connectivity index (χ1) is 7.74. The van der Waals surface area contributed by atoms with Gasteiger partial charge in [0.1, 0.15) is 0 Å². The molecule has 0 radical (unpaired) electrons. The van der Waals surface area contributed by atoms with Gasteiger partial charge in [0.15, 0.2) is 11.5 Å². The van der Waals surface area contributed by atoms with Gasteiger partial charge in [-0.25, -0.2) is 0 Å². The molecule has 0 heterocycles. The highest BCUT2D eigenvalue weighted by molar-refractivity contribution is 5.94. The molecule has 1 aliphatic rings. The first-order valence-electron chi connectivity index (χ1n) is 5.31. The number of hydrogen-bond acceptors (Lipinski definition) is 3. The van der Waals surface area contributed by atoms with Crippen LogP contribution in [-0.4, -0.2) is 26.2 Å². The van der Waals surface area contributed by atoms with Gasteiger partial charge in [-0.15, -0.1) is 0 Å². The molecule has 0 unspecified atom stereocenters. The molecule has 86 valence electrons. The number of ether oxygens (including phenoxy) is 2. The number of amides is 1. The van der Waals surface area contributed by atoms with Crippen LogP contribution in [0.15, 0.2) is 18.2 Å². The van der Waals surface area contributed by atoms with Crippen LogP contribution in [0.1, 0.15) is 23.2 Å². The smallest absolute Gasteiger partial charge is 0.251 e. The summed E-state index contributed by atoms with van der Waals surface area (Å²) >= 11 is 0. The van der Waals surface area contributed by atoms with Crippen LogP contribution in [0.4, 0.5) is 0 Å².